The highest BCUT2D eigenvalue weighted by molar-refractivity contribution is 5.90. The number of aromatic nitrogens is 2. The van der Waals surface area contributed by atoms with Crippen LogP contribution in [-0.2, 0) is 9.47 Å². The van der Waals surface area contributed by atoms with E-state index < -0.39 is 5.79 Å². The van der Waals surface area contributed by atoms with Crippen molar-refractivity contribution >= 4 is 16.7 Å². The first-order valence-electron chi connectivity index (χ1n) is 8.58. The summed E-state index contributed by atoms with van der Waals surface area (Å²) in [5.41, 5.74) is 1.93. The van der Waals surface area contributed by atoms with Crippen molar-refractivity contribution in [2.75, 3.05) is 25.1 Å². The van der Waals surface area contributed by atoms with Crippen LogP contribution in [0.15, 0.2) is 54.6 Å². The van der Waals surface area contributed by atoms with Gasteiger partial charge in [0.2, 0.25) is 0 Å². The third kappa shape index (κ3) is 3.48. The molecule has 4 rings (SSSR count). The third-order valence-electron chi connectivity index (χ3n) is 4.40. The maximum Gasteiger partial charge on any atom is 0.167 e. The van der Waals surface area contributed by atoms with Gasteiger partial charge in [0.05, 0.1) is 18.7 Å². The Morgan fingerprint density at radius 1 is 0.960 bits per heavy atom. The quantitative estimate of drug-likeness (QED) is 0.767. The third-order valence-corrected chi connectivity index (χ3v) is 4.40. The summed E-state index contributed by atoms with van der Waals surface area (Å²) in [6.07, 6.45) is 0.756. The Labute approximate surface area is 147 Å². The fraction of sp³-hybridized carbons (Fsp3) is 0.300. The lowest BCUT2D eigenvalue weighted by Crippen LogP contribution is -2.28. The second-order valence-electron chi connectivity index (χ2n) is 6.29. The fourth-order valence-electron chi connectivity index (χ4n) is 3.04. The minimum Gasteiger partial charge on any atom is -0.369 e. The molecule has 0 radical (unpaired) electrons. The summed E-state index contributed by atoms with van der Waals surface area (Å²) in [6, 6.07) is 18.1. The number of rotatable bonds is 5. The van der Waals surface area contributed by atoms with E-state index in [0.717, 1.165) is 34.5 Å². The summed E-state index contributed by atoms with van der Waals surface area (Å²) < 4.78 is 11.3. The molecule has 1 fully saturated rings. The molecule has 2 aromatic carbocycles. The lowest BCUT2D eigenvalue weighted by molar-refractivity contribution is -0.144. The zero-order chi connectivity index (χ0) is 17.1. The highest BCUT2D eigenvalue weighted by Gasteiger charge is 2.30. The number of nitrogens with zero attached hydrogens (tertiary/aromatic N) is 2. The Morgan fingerprint density at radius 3 is 2.48 bits per heavy atom. The maximum absolute atomic E-state index is 5.66. The minimum absolute atomic E-state index is 0.502. The van der Waals surface area contributed by atoms with E-state index in [1.807, 2.05) is 61.5 Å². The molecule has 0 spiro atoms. The topological polar surface area (TPSA) is 56.3 Å². The van der Waals surface area contributed by atoms with Crippen LogP contribution in [0.1, 0.15) is 13.3 Å². The van der Waals surface area contributed by atoms with Crippen LogP contribution < -0.4 is 5.32 Å². The second-order valence-corrected chi connectivity index (χ2v) is 6.29. The molecule has 25 heavy (non-hydrogen) atoms. The number of benzene rings is 2. The zero-order valence-electron chi connectivity index (χ0n) is 14.2. The first kappa shape index (κ1) is 16.0. The van der Waals surface area contributed by atoms with Crippen LogP contribution in [0.4, 0.5) is 5.82 Å². The Balaban J connectivity index is 1.62. The van der Waals surface area contributed by atoms with Gasteiger partial charge < -0.3 is 14.8 Å². The van der Waals surface area contributed by atoms with E-state index in [4.69, 9.17) is 19.4 Å². The van der Waals surface area contributed by atoms with E-state index >= 15 is 0 Å². The number of hydrogen-bond acceptors (Lipinski definition) is 5. The molecule has 0 unspecified atom stereocenters. The van der Waals surface area contributed by atoms with Crippen LogP contribution in [0, 0.1) is 0 Å². The van der Waals surface area contributed by atoms with Gasteiger partial charge in [0.25, 0.3) is 0 Å². The highest BCUT2D eigenvalue weighted by Crippen LogP contribution is 2.26. The van der Waals surface area contributed by atoms with Crippen molar-refractivity contribution in [2.45, 2.75) is 19.1 Å². The molecule has 0 aliphatic carbocycles. The Bertz CT molecular complexity index is 861. The van der Waals surface area contributed by atoms with Crippen molar-refractivity contribution in [1.29, 1.82) is 0 Å². The van der Waals surface area contributed by atoms with Gasteiger partial charge >= 0.3 is 0 Å². The van der Waals surface area contributed by atoms with Crippen LogP contribution >= 0.6 is 0 Å². The number of para-hydroxylation sites is 1. The molecular formula is C20H21N3O2. The van der Waals surface area contributed by atoms with Gasteiger partial charge in [-0.1, -0.05) is 42.5 Å². The molecule has 5 nitrogen and oxygen atoms in total. The van der Waals surface area contributed by atoms with Gasteiger partial charge in [0.15, 0.2) is 11.6 Å². The van der Waals surface area contributed by atoms with E-state index in [1.165, 1.54) is 0 Å². The van der Waals surface area contributed by atoms with Gasteiger partial charge in [-0.25, -0.2) is 9.97 Å². The van der Waals surface area contributed by atoms with Gasteiger partial charge in [-0.3, -0.25) is 0 Å². The van der Waals surface area contributed by atoms with Gasteiger partial charge in [-0.15, -0.1) is 0 Å². The van der Waals surface area contributed by atoms with Crippen LogP contribution in [0.3, 0.4) is 0 Å². The van der Waals surface area contributed by atoms with E-state index in [9.17, 15) is 0 Å². The summed E-state index contributed by atoms with van der Waals surface area (Å²) in [5, 5.41) is 4.45. The summed E-state index contributed by atoms with van der Waals surface area (Å²) in [6.45, 7) is 4.01. The van der Waals surface area contributed by atoms with Crippen LogP contribution in [0.25, 0.3) is 22.3 Å². The lowest BCUT2D eigenvalue weighted by Gasteiger charge is -2.22. The SMILES string of the molecule is CC1(CCNc2nc(-c3ccccc3)nc3ccccc23)OCCO1. The average molecular weight is 335 g/mol. The molecule has 5 heteroatoms. The monoisotopic (exact) mass is 335 g/mol. The largest absolute Gasteiger partial charge is 0.369 e. The second kappa shape index (κ2) is 6.78. The molecule has 1 N–H and O–H groups in total. The molecule has 1 aliphatic rings. The number of anilines is 1. The van der Waals surface area contributed by atoms with E-state index in [2.05, 4.69) is 5.32 Å². The van der Waals surface area contributed by atoms with E-state index in [0.29, 0.717) is 19.8 Å². The van der Waals surface area contributed by atoms with Gasteiger partial charge in [0.1, 0.15) is 5.82 Å². The van der Waals surface area contributed by atoms with Gasteiger partial charge in [-0.05, 0) is 19.1 Å². The van der Waals surface area contributed by atoms with Gasteiger partial charge in [0, 0.05) is 23.9 Å². The summed E-state index contributed by atoms with van der Waals surface area (Å²) in [7, 11) is 0. The molecule has 0 saturated carbocycles. The Morgan fingerprint density at radius 2 is 1.68 bits per heavy atom. The van der Waals surface area contributed by atoms with Gasteiger partial charge in [-0.2, -0.15) is 0 Å². The predicted octanol–water partition coefficient (Wildman–Crippen LogP) is 3.86. The summed E-state index contributed by atoms with van der Waals surface area (Å²) >= 11 is 0. The van der Waals surface area contributed by atoms with Crippen LogP contribution in [-0.4, -0.2) is 35.5 Å². The van der Waals surface area contributed by atoms with Crippen molar-refractivity contribution in [1.82, 2.24) is 9.97 Å². The standard InChI is InChI=1S/C20H21N3O2/c1-20(24-13-14-25-20)11-12-21-19-16-9-5-6-10-17(16)22-18(23-19)15-7-3-2-4-8-15/h2-10H,11-14H2,1H3,(H,21,22,23). The molecule has 1 saturated heterocycles. The van der Waals surface area contributed by atoms with Crippen molar-refractivity contribution < 1.29 is 9.47 Å². The molecule has 0 amide bonds. The van der Waals surface area contributed by atoms with E-state index in [-0.39, 0.29) is 0 Å². The van der Waals surface area contributed by atoms with Crippen molar-refractivity contribution in [3.8, 4) is 11.4 Å². The molecule has 3 aromatic rings. The van der Waals surface area contributed by atoms with E-state index in [1.54, 1.807) is 0 Å². The normalized spacial score (nSPS) is 16.2. The van der Waals surface area contributed by atoms with Crippen molar-refractivity contribution in [2.24, 2.45) is 0 Å². The number of ether oxygens (including phenoxy) is 2. The van der Waals surface area contributed by atoms with Crippen molar-refractivity contribution in [3.05, 3.63) is 54.6 Å². The Kier molecular flexibility index (Phi) is 4.34. The molecule has 1 aromatic heterocycles. The first-order chi connectivity index (χ1) is 12.2. The van der Waals surface area contributed by atoms with Crippen LogP contribution in [0.2, 0.25) is 0 Å². The maximum atomic E-state index is 5.66. The smallest absolute Gasteiger partial charge is 0.167 e. The lowest BCUT2D eigenvalue weighted by atomic mass is 10.1. The zero-order valence-corrected chi connectivity index (χ0v) is 14.2. The van der Waals surface area contributed by atoms with Crippen LogP contribution in [0.5, 0.6) is 0 Å². The highest BCUT2D eigenvalue weighted by atomic mass is 16.7. The Hall–Kier alpha value is -2.50. The fourth-order valence-corrected chi connectivity index (χ4v) is 3.04. The van der Waals surface area contributed by atoms with Crippen molar-refractivity contribution in [3.63, 3.8) is 0 Å². The number of fused-ring (bicyclic) bond motifs is 1. The molecule has 1 aliphatic heterocycles. The molecule has 128 valence electrons. The summed E-state index contributed by atoms with van der Waals surface area (Å²) in [5.74, 6) is 1.06. The molecule has 0 bridgehead atoms. The molecule has 0 atom stereocenters. The molecule has 2 heterocycles. The predicted molar refractivity (Wildman–Crippen MR) is 98.4 cm³/mol. The average Bonchev–Trinajstić information content (AvgIpc) is 3.09. The first-order valence-corrected chi connectivity index (χ1v) is 8.58. The minimum atomic E-state index is -0.502. The number of hydrogen-bond donors (Lipinski definition) is 1. The number of nitrogens with one attached hydrogen (secondary N) is 1. The summed E-state index contributed by atoms with van der Waals surface area (Å²) in [4.78, 5) is 9.46. The molecular weight excluding hydrogens is 314 g/mol.